The van der Waals surface area contributed by atoms with Crippen molar-refractivity contribution in [3.05, 3.63) is 35.9 Å². The number of benzene rings is 1. The first-order valence-electron chi connectivity index (χ1n) is 7.74. The minimum absolute atomic E-state index is 0.149. The monoisotopic (exact) mass is 289 g/mol. The Hall–Kier alpha value is -1.35. The Kier molecular flexibility index (Phi) is 4.43. The summed E-state index contributed by atoms with van der Waals surface area (Å²) in [6.45, 7) is 7.21. The molecule has 3 atom stereocenters. The average Bonchev–Trinajstić information content (AvgIpc) is 2.79. The number of rotatable bonds is 4. The molecule has 2 rings (SSSR count). The van der Waals surface area contributed by atoms with E-state index in [0.29, 0.717) is 18.4 Å². The Morgan fingerprint density at radius 3 is 2.38 bits per heavy atom. The zero-order chi connectivity index (χ0) is 15.7. The SMILES string of the molecule is CC(C)(C)C1CC(CN)(CC(=O)O)CC1c1ccccc1. The van der Waals surface area contributed by atoms with E-state index >= 15 is 0 Å². The predicted octanol–water partition coefficient (Wildman–Crippen LogP) is 3.65. The van der Waals surface area contributed by atoms with Gasteiger partial charge < -0.3 is 10.8 Å². The number of carboxylic acids is 1. The van der Waals surface area contributed by atoms with Crippen LogP contribution in [0.1, 0.15) is 51.5 Å². The zero-order valence-corrected chi connectivity index (χ0v) is 13.3. The molecule has 0 amide bonds. The van der Waals surface area contributed by atoms with E-state index in [9.17, 15) is 9.90 Å². The van der Waals surface area contributed by atoms with Crippen LogP contribution >= 0.6 is 0 Å². The molecule has 3 heteroatoms. The quantitative estimate of drug-likeness (QED) is 0.889. The summed E-state index contributed by atoms with van der Waals surface area (Å²) in [5, 5.41) is 9.26. The number of aliphatic carboxylic acids is 1. The van der Waals surface area contributed by atoms with Crippen LogP contribution in [0.25, 0.3) is 0 Å². The van der Waals surface area contributed by atoms with Crippen LogP contribution in [0.2, 0.25) is 0 Å². The highest BCUT2D eigenvalue weighted by atomic mass is 16.4. The van der Waals surface area contributed by atoms with Crippen molar-refractivity contribution in [2.75, 3.05) is 6.54 Å². The summed E-state index contributed by atoms with van der Waals surface area (Å²) < 4.78 is 0. The highest BCUT2D eigenvalue weighted by Gasteiger charge is 2.49. The van der Waals surface area contributed by atoms with Gasteiger partial charge in [0, 0.05) is 0 Å². The van der Waals surface area contributed by atoms with Crippen LogP contribution in [0, 0.1) is 16.7 Å². The fourth-order valence-corrected chi connectivity index (χ4v) is 3.96. The van der Waals surface area contributed by atoms with E-state index in [2.05, 4.69) is 45.0 Å². The molecule has 3 N–H and O–H groups in total. The summed E-state index contributed by atoms with van der Waals surface area (Å²) in [5.74, 6) is 0.124. The van der Waals surface area contributed by atoms with Gasteiger partial charge in [-0.15, -0.1) is 0 Å². The molecule has 1 aromatic rings. The Morgan fingerprint density at radius 1 is 1.29 bits per heavy atom. The van der Waals surface area contributed by atoms with E-state index in [4.69, 9.17) is 5.73 Å². The highest BCUT2D eigenvalue weighted by Crippen LogP contribution is 2.57. The van der Waals surface area contributed by atoms with Crippen molar-refractivity contribution in [3.8, 4) is 0 Å². The second kappa shape index (κ2) is 5.80. The Balaban J connectivity index is 2.36. The third kappa shape index (κ3) is 3.46. The molecule has 3 nitrogen and oxygen atoms in total. The van der Waals surface area contributed by atoms with E-state index in [1.807, 2.05) is 6.07 Å². The van der Waals surface area contributed by atoms with E-state index in [1.165, 1.54) is 5.56 Å². The van der Waals surface area contributed by atoms with Gasteiger partial charge in [0.1, 0.15) is 0 Å². The largest absolute Gasteiger partial charge is 0.481 e. The van der Waals surface area contributed by atoms with Gasteiger partial charge in [-0.3, -0.25) is 4.79 Å². The third-order valence-corrected chi connectivity index (χ3v) is 5.09. The summed E-state index contributed by atoms with van der Waals surface area (Å²) >= 11 is 0. The number of nitrogens with two attached hydrogens (primary N) is 1. The van der Waals surface area contributed by atoms with Gasteiger partial charge in [0.15, 0.2) is 0 Å². The lowest BCUT2D eigenvalue weighted by Crippen LogP contribution is -2.31. The lowest BCUT2D eigenvalue weighted by molar-refractivity contribution is -0.139. The van der Waals surface area contributed by atoms with Crippen molar-refractivity contribution in [3.63, 3.8) is 0 Å². The van der Waals surface area contributed by atoms with Crippen molar-refractivity contribution in [1.82, 2.24) is 0 Å². The fraction of sp³-hybridized carbons (Fsp3) is 0.611. The molecule has 116 valence electrons. The van der Waals surface area contributed by atoms with Crippen LogP contribution in [-0.4, -0.2) is 17.6 Å². The van der Waals surface area contributed by atoms with Gasteiger partial charge in [0.25, 0.3) is 0 Å². The molecule has 3 unspecified atom stereocenters. The van der Waals surface area contributed by atoms with Gasteiger partial charge in [-0.05, 0) is 47.6 Å². The third-order valence-electron chi connectivity index (χ3n) is 5.09. The van der Waals surface area contributed by atoms with Crippen molar-refractivity contribution >= 4 is 5.97 Å². The maximum Gasteiger partial charge on any atom is 0.303 e. The molecule has 1 aromatic carbocycles. The van der Waals surface area contributed by atoms with Crippen LogP contribution in [-0.2, 0) is 4.79 Å². The number of carboxylic acid groups (broad SMARTS) is 1. The topological polar surface area (TPSA) is 63.3 Å². The smallest absolute Gasteiger partial charge is 0.303 e. The normalized spacial score (nSPS) is 29.5. The van der Waals surface area contributed by atoms with Crippen molar-refractivity contribution in [2.45, 2.75) is 46.0 Å². The molecule has 0 spiro atoms. The van der Waals surface area contributed by atoms with Crippen molar-refractivity contribution < 1.29 is 9.90 Å². The van der Waals surface area contributed by atoms with Crippen LogP contribution in [0.15, 0.2) is 30.3 Å². The summed E-state index contributed by atoms with van der Waals surface area (Å²) in [6, 6.07) is 10.5. The molecule has 0 saturated heterocycles. The van der Waals surface area contributed by atoms with E-state index in [-0.39, 0.29) is 17.3 Å². The summed E-state index contributed by atoms with van der Waals surface area (Å²) in [4.78, 5) is 11.3. The van der Waals surface area contributed by atoms with E-state index in [1.54, 1.807) is 0 Å². The Labute approximate surface area is 127 Å². The first kappa shape index (κ1) is 16.0. The molecule has 0 aromatic heterocycles. The molecule has 0 bridgehead atoms. The van der Waals surface area contributed by atoms with Gasteiger partial charge in [-0.25, -0.2) is 0 Å². The fourth-order valence-electron chi connectivity index (χ4n) is 3.96. The summed E-state index contributed by atoms with van der Waals surface area (Å²) in [5.41, 5.74) is 7.21. The molecule has 21 heavy (non-hydrogen) atoms. The van der Waals surface area contributed by atoms with Crippen LogP contribution in [0.3, 0.4) is 0 Å². The van der Waals surface area contributed by atoms with E-state index < -0.39 is 5.97 Å². The van der Waals surface area contributed by atoms with Crippen molar-refractivity contribution in [1.29, 1.82) is 0 Å². The standard InChI is InChI=1S/C18H27NO2/c1-17(2,3)15-10-18(12-19,11-16(20)21)9-14(15)13-7-5-4-6-8-13/h4-8,14-15H,9-12,19H2,1-3H3,(H,20,21). The van der Waals surface area contributed by atoms with Gasteiger partial charge in [0.05, 0.1) is 6.42 Å². The average molecular weight is 289 g/mol. The summed E-state index contributed by atoms with van der Waals surface area (Å²) in [7, 11) is 0. The first-order valence-corrected chi connectivity index (χ1v) is 7.74. The molecule has 0 radical (unpaired) electrons. The lowest BCUT2D eigenvalue weighted by atomic mass is 9.72. The maximum absolute atomic E-state index is 11.3. The highest BCUT2D eigenvalue weighted by molar-refractivity contribution is 5.68. The Morgan fingerprint density at radius 2 is 1.90 bits per heavy atom. The number of hydrogen-bond donors (Lipinski definition) is 2. The minimum Gasteiger partial charge on any atom is -0.481 e. The van der Waals surface area contributed by atoms with Gasteiger partial charge in [-0.2, -0.15) is 0 Å². The first-order chi connectivity index (χ1) is 9.77. The van der Waals surface area contributed by atoms with Gasteiger partial charge in [-0.1, -0.05) is 51.1 Å². The summed E-state index contributed by atoms with van der Waals surface area (Å²) in [6.07, 6.45) is 1.96. The molecular weight excluding hydrogens is 262 g/mol. The second-order valence-electron chi connectivity index (χ2n) is 7.67. The molecular formula is C18H27NO2. The molecule has 1 fully saturated rings. The Bertz CT molecular complexity index is 492. The van der Waals surface area contributed by atoms with Crippen LogP contribution in [0.4, 0.5) is 0 Å². The van der Waals surface area contributed by atoms with Gasteiger partial charge >= 0.3 is 5.97 Å². The van der Waals surface area contributed by atoms with Crippen molar-refractivity contribution in [2.24, 2.45) is 22.5 Å². The van der Waals surface area contributed by atoms with Gasteiger partial charge in [0.2, 0.25) is 0 Å². The maximum atomic E-state index is 11.3. The van der Waals surface area contributed by atoms with Crippen LogP contribution < -0.4 is 5.73 Å². The van der Waals surface area contributed by atoms with E-state index in [0.717, 1.165) is 12.8 Å². The predicted molar refractivity (Wildman–Crippen MR) is 85.1 cm³/mol. The number of carbonyl (C=O) groups is 1. The number of hydrogen-bond acceptors (Lipinski definition) is 2. The molecule has 0 heterocycles. The minimum atomic E-state index is -0.734. The second-order valence-corrected chi connectivity index (χ2v) is 7.67. The lowest BCUT2D eigenvalue weighted by Gasteiger charge is -2.33. The molecule has 0 aliphatic heterocycles. The molecule has 1 saturated carbocycles. The molecule has 1 aliphatic carbocycles. The zero-order valence-electron chi connectivity index (χ0n) is 13.3. The molecule has 1 aliphatic rings. The van der Waals surface area contributed by atoms with Crippen LogP contribution in [0.5, 0.6) is 0 Å².